The van der Waals surface area contributed by atoms with Crippen molar-refractivity contribution >= 4 is 17.4 Å². The van der Waals surface area contributed by atoms with Gasteiger partial charge >= 0.3 is 0 Å². The lowest BCUT2D eigenvalue weighted by Gasteiger charge is -2.34. The van der Waals surface area contributed by atoms with Crippen LogP contribution in [0.5, 0.6) is 0 Å². The highest BCUT2D eigenvalue weighted by Gasteiger charge is 2.34. The van der Waals surface area contributed by atoms with E-state index in [9.17, 15) is 4.79 Å². The van der Waals surface area contributed by atoms with Gasteiger partial charge < -0.3 is 14.5 Å². The number of carbonyl (C=O) groups is 1. The highest BCUT2D eigenvalue weighted by Crippen LogP contribution is 2.29. The van der Waals surface area contributed by atoms with Crippen molar-refractivity contribution in [2.45, 2.75) is 19.4 Å². The molecule has 4 rings (SSSR count). The lowest BCUT2D eigenvalue weighted by molar-refractivity contribution is -0.130. The minimum atomic E-state index is -0.458. The first-order chi connectivity index (χ1) is 11.7. The van der Waals surface area contributed by atoms with Crippen LogP contribution in [0.3, 0.4) is 0 Å². The summed E-state index contributed by atoms with van der Waals surface area (Å²) in [5.41, 5.74) is 3.16. The zero-order valence-corrected chi connectivity index (χ0v) is 13.7. The fourth-order valence-electron chi connectivity index (χ4n) is 3.36. The maximum absolute atomic E-state index is 12.9. The zero-order valence-electron chi connectivity index (χ0n) is 13.7. The molecule has 2 aliphatic heterocycles. The molecular weight excluding hydrogens is 304 g/mol. The fraction of sp³-hybridized carbons (Fsp3) is 0.389. The normalized spacial score (nSPS) is 20.1. The van der Waals surface area contributed by atoms with Crippen molar-refractivity contribution in [1.82, 2.24) is 9.97 Å². The average Bonchev–Trinajstić information content (AvgIpc) is 3.05. The van der Waals surface area contributed by atoms with E-state index in [0.717, 1.165) is 36.7 Å². The second kappa shape index (κ2) is 6.20. The van der Waals surface area contributed by atoms with Crippen molar-refractivity contribution in [3.63, 3.8) is 0 Å². The van der Waals surface area contributed by atoms with E-state index in [0.29, 0.717) is 13.2 Å². The second-order valence-electron chi connectivity index (χ2n) is 6.19. The molecule has 124 valence electrons. The first kappa shape index (κ1) is 15.1. The number of aromatic nitrogens is 2. The van der Waals surface area contributed by atoms with Gasteiger partial charge in [0.25, 0.3) is 5.91 Å². The van der Waals surface area contributed by atoms with Crippen LogP contribution in [-0.2, 0) is 16.0 Å². The van der Waals surface area contributed by atoms with E-state index >= 15 is 0 Å². The molecule has 1 aromatic heterocycles. The predicted molar refractivity (Wildman–Crippen MR) is 91.2 cm³/mol. The van der Waals surface area contributed by atoms with Crippen molar-refractivity contribution in [2.24, 2.45) is 0 Å². The Bertz CT molecular complexity index is 764. The molecule has 2 aliphatic rings. The Morgan fingerprint density at radius 2 is 2.12 bits per heavy atom. The largest absolute Gasteiger partial charge is 0.365 e. The molecule has 6 heteroatoms. The molecule has 3 heterocycles. The molecule has 6 nitrogen and oxygen atoms in total. The van der Waals surface area contributed by atoms with Crippen LogP contribution in [0, 0.1) is 6.92 Å². The van der Waals surface area contributed by atoms with E-state index in [1.807, 2.05) is 36.1 Å². The number of amides is 1. The minimum absolute atomic E-state index is 0.0374. The Morgan fingerprint density at radius 3 is 3.00 bits per heavy atom. The summed E-state index contributed by atoms with van der Waals surface area (Å²) in [7, 11) is 0. The van der Waals surface area contributed by atoms with Crippen molar-refractivity contribution in [2.75, 3.05) is 36.0 Å². The smallest absolute Gasteiger partial charge is 0.257 e. The topological polar surface area (TPSA) is 58.6 Å². The fourth-order valence-corrected chi connectivity index (χ4v) is 3.36. The Labute approximate surface area is 141 Å². The molecule has 0 saturated carbocycles. The van der Waals surface area contributed by atoms with Gasteiger partial charge in [0.15, 0.2) is 6.10 Å². The van der Waals surface area contributed by atoms with Gasteiger partial charge in [-0.15, -0.1) is 0 Å². The molecule has 0 bridgehead atoms. The van der Waals surface area contributed by atoms with Crippen LogP contribution >= 0.6 is 0 Å². The SMILES string of the molecule is Cc1cc(N2CCOC(C(=O)N3CCc4ccccc43)C2)ncn1. The molecule has 24 heavy (non-hydrogen) atoms. The number of carbonyl (C=O) groups excluding carboxylic acids is 1. The third-order valence-corrected chi connectivity index (χ3v) is 4.61. The van der Waals surface area contributed by atoms with Crippen LogP contribution in [0.1, 0.15) is 11.3 Å². The molecule has 0 radical (unpaired) electrons. The van der Waals surface area contributed by atoms with E-state index in [1.54, 1.807) is 6.33 Å². The standard InChI is InChI=1S/C18H20N4O2/c1-13-10-17(20-12-19-13)21-8-9-24-16(11-21)18(23)22-7-6-14-4-2-3-5-15(14)22/h2-5,10,12,16H,6-9,11H2,1H3. The van der Waals surface area contributed by atoms with Gasteiger partial charge in [-0.1, -0.05) is 18.2 Å². The number of benzene rings is 1. The molecule has 1 atom stereocenters. The van der Waals surface area contributed by atoms with Crippen LogP contribution in [-0.4, -0.2) is 48.2 Å². The van der Waals surface area contributed by atoms with Crippen molar-refractivity contribution in [3.05, 3.63) is 47.9 Å². The third kappa shape index (κ3) is 2.73. The number of aryl methyl sites for hydroxylation is 1. The number of hydrogen-bond acceptors (Lipinski definition) is 5. The van der Waals surface area contributed by atoms with Gasteiger partial charge in [0.2, 0.25) is 0 Å². The summed E-state index contributed by atoms with van der Waals surface area (Å²) in [4.78, 5) is 25.4. The highest BCUT2D eigenvalue weighted by atomic mass is 16.5. The summed E-state index contributed by atoms with van der Waals surface area (Å²) in [5, 5.41) is 0. The minimum Gasteiger partial charge on any atom is -0.365 e. The summed E-state index contributed by atoms with van der Waals surface area (Å²) in [6, 6.07) is 10.0. The first-order valence-electron chi connectivity index (χ1n) is 8.27. The molecule has 2 aromatic rings. The molecule has 1 unspecified atom stereocenters. The summed E-state index contributed by atoms with van der Waals surface area (Å²) >= 11 is 0. The van der Waals surface area contributed by atoms with Crippen LogP contribution < -0.4 is 9.80 Å². The number of ether oxygens (including phenoxy) is 1. The lowest BCUT2D eigenvalue weighted by Crippen LogP contribution is -2.51. The van der Waals surface area contributed by atoms with Crippen molar-refractivity contribution in [3.8, 4) is 0 Å². The van der Waals surface area contributed by atoms with Gasteiger partial charge in [-0.2, -0.15) is 0 Å². The number of fused-ring (bicyclic) bond motifs is 1. The lowest BCUT2D eigenvalue weighted by atomic mass is 10.2. The first-order valence-corrected chi connectivity index (χ1v) is 8.27. The van der Waals surface area contributed by atoms with Gasteiger partial charge in [-0.25, -0.2) is 9.97 Å². The van der Waals surface area contributed by atoms with Gasteiger partial charge in [-0.3, -0.25) is 4.79 Å². The van der Waals surface area contributed by atoms with Crippen LogP contribution in [0.25, 0.3) is 0 Å². The van der Waals surface area contributed by atoms with Crippen molar-refractivity contribution in [1.29, 1.82) is 0 Å². The number of hydrogen-bond donors (Lipinski definition) is 0. The van der Waals surface area contributed by atoms with E-state index in [2.05, 4.69) is 20.9 Å². The van der Waals surface area contributed by atoms with Gasteiger partial charge in [0, 0.05) is 30.5 Å². The Hall–Kier alpha value is -2.47. The van der Waals surface area contributed by atoms with Gasteiger partial charge in [-0.05, 0) is 25.0 Å². The molecule has 0 N–H and O–H groups in total. The van der Waals surface area contributed by atoms with Crippen LogP contribution in [0.4, 0.5) is 11.5 Å². The summed E-state index contributed by atoms with van der Waals surface area (Å²) in [6.45, 7) is 4.44. The quantitative estimate of drug-likeness (QED) is 0.839. The Balaban J connectivity index is 1.51. The molecular formula is C18H20N4O2. The molecule has 0 spiro atoms. The molecule has 1 amide bonds. The second-order valence-corrected chi connectivity index (χ2v) is 6.19. The van der Waals surface area contributed by atoms with Crippen molar-refractivity contribution < 1.29 is 9.53 Å². The van der Waals surface area contributed by atoms with Crippen LogP contribution in [0.15, 0.2) is 36.7 Å². The number of nitrogens with zero attached hydrogens (tertiary/aromatic N) is 4. The van der Waals surface area contributed by atoms with E-state index in [4.69, 9.17) is 4.74 Å². The summed E-state index contributed by atoms with van der Waals surface area (Å²) < 4.78 is 5.77. The molecule has 0 aliphatic carbocycles. The molecule has 1 saturated heterocycles. The Morgan fingerprint density at radius 1 is 1.25 bits per heavy atom. The number of morpholine rings is 1. The molecule has 1 aromatic carbocycles. The van der Waals surface area contributed by atoms with Crippen LogP contribution in [0.2, 0.25) is 0 Å². The molecule has 1 fully saturated rings. The maximum Gasteiger partial charge on any atom is 0.257 e. The van der Waals surface area contributed by atoms with Gasteiger partial charge in [0.1, 0.15) is 12.1 Å². The maximum atomic E-state index is 12.9. The zero-order chi connectivity index (χ0) is 16.5. The van der Waals surface area contributed by atoms with E-state index in [-0.39, 0.29) is 5.91 Å². The number of para-hydroxylation sites is 1. The van der Waals surface area contributed by atoms with E-state index < -0.39 is 6.10 Å². The number of anilines is 2. The van der Waals surface area contributed by atoms with Gasteiger partial charge in [0.05, 0.1) is 13.2 Å². The number of rotatable bonds is 2. The highest BCUT2D eigenvalue weighted by molar-refractivity contribution is 5.98. The Kier molecular flexibility index (Phi) is 3.90. The summed E-state index contributed by atoms with van der Waals surface area (Å²) in [5.74, 6) is 0.890. The predicted octanol–water partition coefficient (Wildman–Crippen LogP) is 1.58. The monoisotopic (exact) mass is 324 g/mol. The third-order valence-electron chi connectivity index (χ3n) is 4.61. The average molecular weight is 324 g/mol. The summed E-state index contributed by atoms with van der Waals surface area (Å²) in [6.07, 6.45) is 2.01. The van der Waals surface area contributed by atoms with E-state index in [1.165, 1.54) is 5.56 Å².